The molecule has 0 saturated carbocycles. The van der Waals surface area contributed by atoms with Gasteiger partial charge < -0.3 is 14.5 Å². The van der Waals surface area contributed by atoms with E-state index in [1.165, 1.54) is 0 Å². The summed E-state index contributed by atoms with van der Waals surface area (Å²) in [5.74, 6) is 1.86. The lowest BCUT2D eigenvalue weighted by molar-refractivity contribution is 0.416. The van der Waals surface area contributed by atoms with Gasteiger partial charge in [0, 0.05) is 5.56 Å². The topological polar surface area (TPSA) is 60.2 Å². The molecule has 0 aliphatic carbocycles. The minimum Gasteiger partial charge on any atom is -0.495 e. The summed E-state index contributed by atoms with van der Waals surface area (Å²) in [4.78, 5) is 0. The van der Waals surface area contributed by atoms with Crippen molar-refractivity contribution in [1.29, 1.82) is 0 Å². The molecular weight excluding hydrogens is 290 g/mol. The van der Waals surface area contributed by atoms with E-state index >= 15 is 0 Å². The molecule has 0 radical (unpaired) electrons. The molecule has 0 unspecified atom stereocenters. The molecule has 0 saturated heterocycles. The Labute approximate surface area is 135 Å². The van der Waals surface area contributed by atoms with Crippen LogP contribution in [0.25, 0.3) is 11.5 Å². The molecule has 5 nitrogen and oxygen atoms in total. The van der Waals surface area contributed by atoms with Crippen molar-refractivity contribution >= 4 is 5.69 Å². The molecule has 0 aliphatic rings. The van der Waals surface area contributed by atoms with Crippen molar-refractivity contribution in [3.05, 3.63) is 59.5 Å². The predicted octanol–water partition coefficient (Wildman–Crippen LogP) is 3.97. The highest BCUT2D eigenvalue weighted by molar-refractivity contribution is 5.59. The van der Waals surface area contributed by atoms with Crippen molar-refractivity contribution in [2.24, 2.45) is 0 Å². The molecule has 3 rings (SSSR count). The molecule has 1 aromatic heterocycles. The third kappa shape index (κ3) is 3.34. The molecule has 0 aliphatic heterocycles. The number of ether oxygens (including phenoxy) is 1. The molecular formula is C18H19N3O2. The first-order valence-corrected chi connectivity index (χ1v) is 7.44. The van der Waals surface area contributed by atoms with E-state index in [-0.39, 0.29) is 0 Å². The molecule has 0 atom stereocenters. The van der Waals surface area contributed by atoms with E-state index in [0.717, 1.165) is 28.1 Å². The molecule has 0 bridgehead atoms. The highest BCUT2D eigenvalue weighted by Crippen LogP contribution is 2.26. The van der Waals surface area contributed by atoms with Gasteiger partial charge in [0.2, 0.25) is 11.8 Å². The summed E-state index contributed by atoms with van der Waals surface area (Å²) in [6.45, 7) is 4.50. The highest BCUT2D eigenvalue weighted by Gasteiger charge is 2.11. The minimum absolute atomic E-state index is 0.443. The van der Waals surface area contributed by atoms with Crippen molar-refractivity contribution < 1.29 is 9.15 Å². The van der Waals surface area contributed by atoms with Crippen LogP contribution in [0.2, 0.25) is 0 Å². The van der Waals surface area contributed by atoms with E-state index in [4.69, 9.17) is 9.15 Å². The molecule has 0 fully saturated rings. The van der Waals surface area contributed by atoms with Crippen LogP contribution in [0, 0.1) is 13.8 Å². The number of hydrogen-bond acceptors (Lipinski definition) is 5. The maximum Gasteiger partial charge on any atom is 0.248 e. The SMILES string of the molecule is COc1ccc(C)cc1NCc1nnc(-c2ccccc2C)o1. The molecule has 1 heterocycles. The van der Waals surface area contributed by atoms with E-state index in [1.54, 1.807) is 7.11 Å². The molecule has 5 heteroatoms. The molecule has 2 aromatic carbocycles. The predicted molar refractivity (Wildman–Crippen MR) is 89.5 cm³/mol. The summed E-state index contributed by atoms with van der Waals surface area (Å²) in [6.07, 6.45) is 0. The van der Waals surface area contributed by atoms with E-state index in [1.807, 2.05) is 56.3 Å². The molecule has 23 heavy (non-hydrogen) atoms. The van der Waals surface area contributed by atoms with E-state index in [9.17, 15) is 0 Å². The van der Waals surface area contributed by atoms with Gasteiger partial charge in [-0.2, -0.15) is 0 Å². The maximum absolute atomic E-state index is 5.75. The number of aryl methyl sites for hydroxylation is 2. The Kier molecular flexibility index (Phi) is 4.28. The van der Waals surface area contributed by atoms with Crippen molar-refractivity contribution in [2.75, 3.05) is 12.4 Å². The summed E-state index contributed by atoms with van der Waals surface area (Å²) in [6, 6.07) is 13.9. The number of aromatic nitrogens is 2. The van der Waals surface area contributed by atoms with Gasteiger partial charge in [0.25, 0.3) is 0 Å². The molecule has 0 amide bonds. The van der Waals surface area contributed by atoms with Crippen LogP contribution in [-0.4, -0.2) is 17.3 Å². The summed E-state index contributed by atoms with van der Waals surface area (Å²) < 4.78 is 11.1. The number of methoxy groups -OCH3 is 1. The van der Waals surface area contributed by atoms with Gasteiger partial charge in [0.1, 0.15) is 5.75 Å². The van der Waals surface area contributed by atoms with Gasteiger partial charge in [0.05, 0.1) is 19.3 Å². The fourth-order valence-electron chi connectivity index (χ4n) is 2.38. The Hall–Kier alpha value is -2.82. The van der Waals surface area contributed by atoms with Crippen LogP contribution in [0.15, 0.2) is 46.9 Å². The van der Waals surface area contributed by atoms with Crippen LogP contribution in [-0.2, 0) is 6.54 Å². The average Bonchev–Trinajstić information content (AvgIpc) is 3.02. The summed E-state index contributed by atoms with van der Waals surface area (Å²) >= 11 is 0. The summed E-state index contributed by atoms with van der Waals surface area (Å²) in [7, 11) is 1.65. The Balaban J connectivity index is 1.76. The summed E-state index contributed by atoms with van der Waals surface area (Å²) in [5.41, 5.74) is 4.12. The van der Waals surface area contributed by atoms with E-state index < -0.39 is 0 Å². The third-order valence-corrected chi connectivity index (χ3v) is 3.63. The first-order valence-electron chi connectivity index (χ1n) is 7.44. The monoisotopic (exact) mass is 309 g/mol. The van der Waals surface area contributed by atoms with Crippen LogP contribution in [0.4, 0.5) is 5.69 Å². The second-order valence-electron chi connectivity index (χ2n) is 5.37. The van der Waals surface area contributed by atoms with Crippen molar-refractivity contribution in [3.8, 4) is 17.2 Å². The Morgan fingerprint density at radius 2 is 1.91 bits per heavy atom. The molecule has 3 aromatic rings. The van der Waals surface area contributed by atoms with Gasteiger partial charge in [-0.1, -0.05) is 24.3 Å². The van der Waals surface area contributed by atoms with Crippen LogP contribution in [0.3, 0.4) is 0 Å². The largest absolute Gasteiger partial charge is 0.495 e. The smallest absolute Gasteiger partial charge is 0.248 e. The van der Waals surface area contributed by atoms with E-state index in [0.29, 0.717) is 18.3 Å². The zero-order valence-electron chi connectivity index (χ0n) is 13.5. The lowest BCUT2D eigenvalue weighted by atomic mass is 10.1. The van der Waals surface area contributed by atoms with Crippen LogP contribution >= 0.6 is 0 Å². The first-order chi connectivity index (χ1) is 11.2. The fraction of sp³-hybridized carbons (Fsp3) is 0.222. The average molecular weight is 309 g/mol. The zero-order valence-corrected chi connectivity index (χ0v) is 13.5. The van der Waals surface area contributed by atoms with Gasteiger partial charge in [-0.05, 0) is 43.2 Å². The number of nitrogens with one attached hydrogen (secondary N) is 1. The molecule has 118 valence electrons. The van der Waals surface area contributed by atoms with Crippen molar-refractivity contribution in [1.82, 2.24) is 10.2 Å². The summed E-state index contributed by atoms with van der Waals surface area (Å²) in [5, 5.41) is 11.5. The molecule has 1 N–H and O–H groups in total. The number of benzene rings is 2. The van der Waals surface area contributed by atoms with Gasteiger partial charge in [-0.3, -0.25) is 0 Å². The minimum atomic E-state index is 0.443. The Morgan fingerprint density at radius 1 is 1.09 bits per heavy atom. The maximum atomic E-state index is 5.75. The fourth-order valence-corrected chi connectivity index (χ4v) is 2.38. The third-order valence-electron chi connectivity index (χ3n) is 3.63. The van der Waals surface area contributed by atoms with Crippen molar-refractivity contribution in [2.45, 2.75) is 20.4 Å². The number of nitrogens with zero attached hydrogens (tertiary/aromatic N) is 2. The molecule has 0 spiro atoms. The Morgan fingerprint density at radius 3 is 2.70 bits per heavy atom. The number of rotatable bonds is 5. The Bertz CT molecular complexity index is 812. The zero-order chi connectivity index (χ0) is 16.2. The van der Waals surface area contributed by atoms with Gasteiger partial charge in [0.15, 0.2) is 0 Å². The second kappa shape index (κ2) is 6.52. The highest BCUT2D eigenvalue weighted by atomic mass is 16.5. The quantitative estimate of drug-likeness (QED) is 0.772. The van der Waals surface area contributed by atoms with Gasteiger partial charge in [-0.15, -0.1) is 10.2 Å². The second-order valence-corrected chi connectivity index (χ2v) is 5.37. The van der Waals surface area contributed by atoms with Gasteiger partial charge >= 0.3 is 0 Å². The first kappa shape index (κ1) is 15.1. The normalized spacial score (nSPS) is 10.6. The lowest BCUT2D eigenvalue weighted by Gasteiger charge is -2.10. The lowest BCUT2D eigenvalue weighted by Crippen LogP contribution is -2.02. The van der Waals surface area contributed by atoms with Crippen molar-refractivity contribution in [3.63, 3.8) is 0 Å². The standard InChI is InChI=1S/C18H19N3O2/c1-12-8-9-16(22-3)15(10-12)19-11-17-20-21-18(23-17)14-7-5-4-6-13(14)2/h4-10,19H,11H2,1-3H3. The van der Waals surface area contributed by atoms with Crippen LogP contribution in [0.5, 0.6) is 5.75 Å². The number of anilines is 1. The van der Waals surface area contributed by atoms with Gasteiger partial charge in [-0.25, -0.2) is 0 Å². The number of hydrogen-bond donors (Lipinski definition) is 1. The van der Waals surface area contributed by atoms with Crippen LogP contribution < -0.4 is 10.1 Å². The van der Waals surface area contributed by atoms with Crippen LogP contribution in [0.1, 0.15) is 17.0 Å². The van der Waals surface area contributed by atoms with E-state index in [2.05, 4.69) is 15.5 Å².